The monoisotopic (exact) mass is 531 g/mol. The summed E-state index contributed by atoms with van der Waals surface area (Å²) >= 11 is 0. The van der Waals surface area contributed by atoms with Crippen LogP contribution >= 0.6 is 0 Å². The van der Waals surface area contributed by atoms with Crippen molar-refractivity contribution in [1.82, 2.24) is 15.2 Å². The summed E-state index contributed by atoms with van der Waals surface area (Å²) in [5, 5.41) is 5.11. The fourth-order valence-corrected chi connectivity index (χ4v) is 5.55. The van der Waals surface area contributed by atoms with E-state index in [0.29, 0.717) is 19.4 Å². The predicted molar refractivity (Wildman–Crippen MR) is 136 cm³/mol. The molecule has 3 aliphatic rings. The maximum absolute atomic E-state index is 13.2. The van der Waals surface area contributed by atoms with Crippen LogP contribution in [0, 0.1) is 0 Å². The molecule has 3 fully saturated rings. The molecule has 2 N–H and O–H groups in total. The number of urea groups is 1. The first-order chi connectivity index (χ1) is 18.2. The van der Waals surface area contributed by atoms with Gasteiger partial charge in [0.1, 0.15) is 11.7 Å². The largest absolute Gasteiger partial charge is 0.433 e. The Bertz CT molecular complexity index is 1130. The highest BCUT2D eigenvalue weighted by molar-refractivity contribution is 6.01. The van der Waals surface area contributed by atoms with Crippen LogP contribution in [0.25, 0.3) is 0 Å². The van der Waals surface area contributed by atoms with Gasteiger partial charge in [0.15, 0.2) is 0 Å². The van der Waals surface area contributed by atoms with E-state index in [2.05, 4.69) is 32.7 Å². The van der Waals surface area contributed by atoms with Crippen LogP contribution in [-0.2, 0) is 21.1 Å². The number of ether oxygens (including phenoxy) is 1. The molecule has 5 rings (SSSR count). The van der Waals surface area contributed by atoms with Crippen molar-refractivity contribution >= 4 is 23.3 Å². The standard InChI is InChI=1S/C27H32F3N5O3/c28-27(29,30)23-9-6-20(17-31-23)32-25(37)33-22-3-1-12-35(24(22)36)21-7-4-19(5-8-21)26(10-2-11-26)18-34-13-15-38-16-14-34/h4-9,17,22H,1-3,10-16,18H2,(H2,32,33,37)/t22-/m1/s1. The summed E-state index contributed by atoms with van der Waals surface area (Å²) < 4.78 is 43.6. The van der Waals surface area contributed by atoms with Crippen molar-refractivity contribution in [3.63, 3.8) is 0 Å². The van der Waals surface area contributed by atoms with Crippen LogP contribution in [0.2, 0.25) is 0 Å². The first-order valence-electron chi connectivity index (χ1n) is 13.1. The first-order valence-corrected chi connectivity index (χ1v) is 13.1. The molecule has 2 aliphatic heterocycles. The molecule has 1 aliphatic carbocycles. The topological polar surface area (TPSA) is 86.8 Å². The zero-order valence-electron chi connectivity index (χ0n) is 21.1. The van der Waals surface area contributed by atoms with Crippen molar-refractivity contribution in [3.05, 3.63) is 53.9 Å². The fraction of sp³-hybridized carbons (Fsp3) is 0.519. The van der Waals surface area contributed by atoms with Crippen molar-refractivity contribution in [1.29, 1.82) is 0 Å². The van der Waals surface area contributed by atoms with Gasteiger partial charge in [-0.15, -0.1) is 0 Å². The second-order valence-corrected chi connectivity index (χ2v) is 10.3. The number of amides is 3. The molecule has 0 bridgehead atoms. The third-order valence-electron chi connectivity index (χ3n) is 7.79. The smallest absolute Gasteiger partial charge is 0.379 e. The van der Waals surface area contributed by atoms with Gasteiger partial charge in [-0.2, -0.15) is 13.2 Å². The van der Waals surface area contributed by atoms with Crippen molar-refractivity contribution < 1.29 is 27.5 Å². The lowest BCUT2D eigenvalue weighted by molar-refractivity contribution is -0.141. The van der Waals surface area contributed by atoms with Crippen LogP contribution < -0.4 is 15.5 Å². The summed E-state index contributed by atoms with van der Waals surface area (Å²) in [5.41, 5.74) is 1.29. The number of aromatic nitrogens is 1. The molecule has 3 heterocycles. The lowest BCUT2D eigenvalue weighted by Crippen LogP contribution is -2.53. The Morgan fingerprint density at radius 3 is 2.39 bits per heavy atom. The number of piperidine rings is 1. The van der Waals surface area contributed by atoms with E-state index < -0.39 is 23.9 Å². The molecule has 1 aromatic heterocycles. The van der Waals surface area contributed by atoms with Gasteiger partial charge in [0.05, 0.1) is 25.1 Å². The summed E-state index contributed by atoms with van der Waals surface area (Å²) in [6.45, 7) is 5.05. The second kappa shape index (κ2) is 10.9. The molecular formula is C27H32F3N5O3. The molecule has 1 atom stereocenters. The average Bonchev–Trinajstić information content (AvgIpc) is 2.88. The van der Waals surface area contributed by atoms with Crippen molar-refractivity contribution in [2.24, 2.45) is 0 Å². The molecule has 1 aromatic carbocycles. The molecule has 0 unspecified atom stereocenters. The van der Waals surface area contributed by atoms with E-state index in [9.17, 15) is 22.8 Å². The molecular weight excluding hydrogens is 499 g/mol. The third kappa shape index (κ3) is 5.78. The van der Waals surface area contributed by atoms with Crippen molar-refractivity contribution in [2.75, 3.05) is 49.6 Å². The highest BCUT2D eigenvalue weighted by atomic mass is 19.4. The number of anilines is 2. The van der Waals surface area contributed by atoms with Gasteiger partial charge in [0, 0.05) is 37.3 Å². The number of hydrogen-bond acceptors (Lipinski definition) is 5. The third-order valence-corrected chi connectivity index (χ3v) is 7.79. The molecule has 38 heavy (non-hydrogen) atoms. The number of halogens is 3. The molecule has 2 aromatic rings. The number of rotatable bonds is 6. The van der Waals surface area contributed by atoms with Gasteiger partial charge in [0.2, 0.25) is 5.91 Å². The summed E-state index contributed by atoms with van der Waals surface area (Å²) in [6, 6.07) is 8.75. The summed E-state index contributed by atoms with van der Waals surface area (Å²) in [5.74, 6) is -0.212. The van der Waals surface area contributed by atoms with Gasteiger partial charge in [0.25, 0.3) is 0 Å². The highest BCUT2D eigenvalue weighted by Crippen LogP contribution is 2.45. The van der Waals surface area contributed by atoms with E-state index in [1.165, 1.54) is 12.0 Å². The Balaban J connectivity index is 1.20. The minimum Gasteiger partial charge on any atom is -0.379 e. The van der Waals surface area contributed by atoms with Gasteiger partial charge in [-0.25, -0.2) is 9.78 Å². The lowest BCUT2D eigenvalue weighted by Gasteiger charge is -2.46. The van der Waals surface area contributed by atoms with Crippen LogP contribution in [0.1, 0.15) is 43.4 Å². The number of alkyl halides is 3. The minimum atomic E-state index is -4.56. The molecule has 11 heteroatoms. The molecule has 1 saturated carbocycles. The Morgan fingerprint density at radius 2 is 1.79 bits per heavy atom. The molecule has 3 amide bonds. The van der Waals surface area contributed by atoms with Crippen LogP contribution in [-0.4, -0.2) is 67.3 Å². The Kier molecular flexibility index (Phi) is 7.58. The van der Waals surface area contributed by atoms with E-state index in [1.54, 1.807) is 4.90 Å². The van der Waals surface area contributed by atoms with Gasteiger partial charge in [-0.1, -0.05) is 18.6 Å². The number of nitrogens with one attached hydrogen (secondary N) is 2. The molecule has 0 radical (unpaired) electrons. The normalized spacial score (nSPS) is 22.0. The number of benzene rings is 1. The van der Waals surface area contributed by atoms with Gasteiger partial charge < -0.3 is 20.3 Å². The fourth-order valence-electron chi connectivity index (χ4n) is 5.55. The minimum absolute atomic E-state index is 0.105. The van der Waals surface area contributed by atoms with Gasteiger partial charge >= 0.3 is 12.2 Å². The number of morpholine rings is 1. The highest BCUT2D eigenvalue weighted by Gasteiger charge is 2.40. The summed E-state index contributed by atoms with van der Waals surface area (Å²) in [6.07, 6.45) is 1.10. The Labute approximate surface area is 219 Å². The number of pyridine rings is 1. The maximum atomic E-state index is 13.2. The lowest BCUT2D eigenvalue weighted by atomic mass is 9.64. The number of carbonyl (C=O) groups excluding carboxylic acids is 2. The molecule has 2 saturated heterocycles. The zero-order chi connectivity index (χ0) is 26.8. The zero-order valence-corrected chi connectivity index (χ0v) is 21.1. The second-order valence-electron chi connectivity index (χ2n) is 10.3. The maximum Gasteiger partial charge on any atom is 0.433 e. The van der Waals surface area contributed by atoms with E-state index in [4.69, 9.17) is 4.74 Å². The van der Waals surface area contributed by atoms with Crippen molar-refractivity contribution in [3.8, 4) is 0 Å². The Morgan fingerprint density at radius 1 is 1.05 bits per heavy atom. The van der Waals surface area contributed by atoms with Crippen LogP contribution in [0.4, 0.5) is 29.3 Å². The molecule has 0 spiro atoms. The predicted octanol–water partition coefficient (Wildman–Crippen LogP) is 4.17. The number of nitrogens with zero attached hydrogens (tertiary/aromatic N) is 3. The van der Waals surface area contributed by atoms with Gasteiger partial charge in [-0.3, -0.25) is 9.69 Å². The van der Waals surface area contributed by atoms with Gasteiger partial charge in [-0.05, 0) is 55.5 Å². The van der Waals surface area contributed by atoms with Crippen LogP contribution in [0.3, 0.4) is 0 Å². The van der Waals surface area contributed by atoms with Crippen LogP contribution in [0.5, 0.6) is 0 Å². The van der Waals surface area contributed by atoms with Crippen molar-refractivity contribution in [2.45, 2.75) is 49.7 Å². The van der Waals surface area contributed by atoms with Crippen LogP contribution in [0.15, 0.2) is 42.6 Å². The number of carbonyl (C=O) groups is 2. The van der Waals surface area contributed by atoms with E-state index in [1.807, 2.05) is 12.1 Å². The SMILES string of the molecule is O=C(Nc1ccc(C(F)(F)F)nc1)N[C@@H]1CCCN(c2ccc(C3(CN4CCOCC4)CCC3)cc2)C1=O. The quantitative estimate of drug-likeness (QED) is 0.585. The first kappa shape index (κ1) is 26.4. The molecule has 204 valence electrons. The molecule has 8 nitrogen and oxygen atoms in total. The average molecular weight is 532 g/mol. The summed E-state index contributed by atoms with van der Waals surface area (Å²) in [4.78, 5) is 33.2. The van der Waals surface area contributed by atoms with E-state index >= 15 is 0 Å². The Hall–Kier alpha value is -3.18. The van der Waals surface area contributed by atoms with E-state index in [-0.39, 0.29) is 17.0 Å². The van der Waals surface area contributed by atoms with E-state index in [0.717, 1.165) is 69.7 Å². The summed E-state index contributed by atoms with van der Waals surface area (Å²) in [7, 11) is 0. The number of hydrogen-bond donors (Lipinski definition) is 2.